The summed E-state index contributed by atoms with van der Waals surface area (Å²) in [6, 6.07) is 14.9. The number of sulfone groups is 1. The first kappa shape index (κ1) is 18.9. The summed E-state index contributed by atoms with van der Waals surface area (Å²) in [4.78, 5) is 14.8. The number of nitrogens with zero attached hydrogens (tertiary/aromatic N) is 1. The van der Waals surface area contributed by atoms with Gasteiger partial charge in [-0.25, -0.2) is 8.42 Å². The quantitative estimate of drug-likeness (QED) is 0.774. The zero-order valence-corrected chi connectivity index (χ0v) is 16.3. The molecule has 0 bridgehead atoms. The van der Waals surface area contributed by atoms with Crippen molar-refractivity contribution in [3.63, 3.8) is 0 Å². The molecule has 26 heavy (non-hydrogen) atoms. The van der Waals surface area contributed by atoms with Crippen molar-refractivity contribution >= 4 is 27.3 Å². The Balaban J connectivity index is 1.76. The number of halogens is 1. The number of carbonyl (C=O) groups excluding carboxylic acids is 1. The van der Waals surface area contributed by atoms with Crippen molar-refractivity contribution in [3.8, 4) is 0 Å². The summed E-state index contributed by atoms with van der Waals surface area (Å²) in [5, 5.41) is 0.145. The summed E-state index contributed by atoms with van der Waals surface area (Å²) < 4.78 is 23.7. The van der Waals surface area contributed by atoms with Crippen molar-refractivity contribution in [1.29, 1.82) is 0 Å². The van der Waals surface area contributed by atoms with Gasteiger partial charge in [0.2, 0.25) is 0 Å². The molecule has 0 radical (unpaired) electrons. The monoisotopic (exact) mass is 391 g/mol. The third-order valence-electron chi connectivity index (χ3n) is 4.82. The van der Waals surface area contributed by atoms with E-state index >= 15 is 0 Å². The minimum Gasteiger partial charge on any atom is -0.336 e. The first-order valence-electron chi connectivity index (χ1n) is 8.71. The molecule has 1 aliphatic heterocycles. The van der Waals surface area contributed by atoms with E-state index in [-0.39, 0.29) is 21.9 Å². The lowest BCUT2D eigenvalue weighted by atomic mass is 10.0. The number of benzene rings is 2. The number of hydrogen-bond acceptors (Lipinski definition) is 3. The summed E-state index contributed by atoms with van der Waals surface area (Å²) in [6.07, 6.45) is 4.87. The standard InChI is InChI=1S/C20H22ClNO3S/c1-26(24,25)19-14-16(10-12-18(19)21)20(23)22-13-5-8-17(22)11-9-15-6-3-2-4-7-15/h2-4,6-7,10,12,14,17H,5,8-9,11,13H2,1H3. The van der Waals surface area contributed by atoms with Gasteiger partial charge in [-0.3, -0.25) is 4.79 Å². The normalized spacial score (nSPS) is 17.5. The topological polar surface area (TPSA) is 54.5 Å². The van der Waals surface area contributed by atoms with E-state index in [1.807, 2.05) is 23.1 Å². The Morgan fingerprint density at radius 3 is 2.62 bits per heavy atom. The minimum absolute atomic E-state index is 0.00468. The van der Waals surface area contributed by atoms with Crippen molar-refractivity contribution in [2.45, 2.75) is 36.6 Å². The third kappa shape index (κ3) is 4.27. The summed E-state index contributed by atoms with van der Waals surface area (Å²) >= 11 is 5.99. The van der Waals surface area contributed by atoms with Crippen LogP contribution in [0.25, 0.3) is 0 Å². The van der Waals surface area contributed by atoms with Crippen LogP contribution in [0, 0.1) is 0 Å². The fourth-order valence-corrected chi connectivity index (χ4v) is 4.77. The molecule has 0 saturated carbocycles. The molecule has 2 aromatic rings. The molecule has 4 nitrogen and oxygen atoms in total. The van der Waals surface area contributed by atoms with Crippen LogP contribution in [0.2, 0.25) is 5.02 Å². The van der Waals surface area contributed by atoms with E-state index < -0.39 is 9.84 Å². The third-order valence-corrected chi connectivity index (χ3v) is 6.40. The lowest BCUT2D eigenvalue weighted by Crippen LogP contribution is -2.35. The second-order valence-electron chi connectivity index (χ2n) is 6.74. The number of likely N-dealkylation sites (tertiary alicyclic amines) is 1. The van der Waals surface area contributed by atoms with Crippen LogP contribution in [-0.2, 0) is 16.3 Å². The van der Waals surface area contributed by atoms with Crippen molar-refractivity contribution in [1.82, 2.24) is 4.90 Å². The smallest absolute Gasteiger partial charge is 0.254 e. The molecule has 0 N–H and O–H groups in total. The van der Waals surface area contributed by atoms with Gasteiger partial charge in [0.05, 0.1) is 9.92 Å². The highest BCUT2D eigenvalue weighted by molar-refractivity contribution is 7.90. The van der Waals surface area contributed by atoms with Crippen molar-refractivity contribution in [2.24, 2.45) is 0 Å². The molecular formula is C20H22ClNO3S. The molecule has 1 unspecified atom stereocenters. The van der Waals surface area contributed by atoms with E-state index in [9.17, 15) is 13.2 Å². The largest absolute Gasteiger partial charge is 0.336 e. The number of aryl methyl sites for hydroxylation is 1. The Hall–Kier alpha value is -1.85. The lowest BCUT2D eigenvalue weighted by molar-refractivity contribution is 0.0730. The molecule has 0 aliphatic carbocycles. The number of hydrogen-bond donors (Lipinski definition) is 0. The van der Waals surface area contributed by atoms with Crippen LogP contribution in [-0.4, -0.2) is 38.1 Å². The van der Waals surface area contributed by atoms with Crippen molar-refractivity contribution in [3.05, 3.63) is 64.7 Å². The minimum atomic E-state index is -3.48. The molecule has 138 valence electrons. The number of carbonyl (C=O) groups is 1. The summed E-state index contributed by atoms with van der Waals surface area (Å²) in [5.74, 6) is -0.123. The first-order chi connectivity index (χ1) is 12.4. The van der Waals surface area contributed by atoms with Gasteiger partial charge in [0.1, 0.15) is 0 Å². The molecule has 1 saturated heterocycles. The maximum absolute atomic E-state index is 12.9. The predicted molar refractivity (Wildman–Crippen MR) is 103 cm³/mol. The number of rotatable bonds is 5. The van der Waals surface area contributed by atoms with E-state index in [0.29, 0.717) is 12.1 Å². The van der Waals surface area contributed by atoms with Gasteiger partial charge < -0.3 is 4.90 Å². The lowest BCUT2D eigenvalue weighted by Gasteiger charge is -2.25. The highest BCUT2D eigenvalue weighted by Gasteiger charge is 2.29. The van der Waals surface area contributed by atoms with Crippen LogP contribution in [0.1, 0.15) is 35.2 Å². The molecule has 0 aromatic heterocycles. The summed E-state index contributed by atoms with van der Waals surface area (Å²) in [7, 11) is -3.48. The fraction of sp³-hybridized carbons (Fsp3) is 0.350. The molecule has 1 aliphatic rings. The molecule has 6 heteroatoms. The Labute approximate surface area is 159 Å². The molecular weight excluding hydrogens is 370 g/mol. The van der Waals surface area contributed by atoms with E-state index in [1.165, 1.54) is 17.7 Å². The Morgan fingerprint density at radius 2 is 1.92 bits per heavy atom. The molecule has 3 rings (SSSR count). The van der Waals surface area contributed by atoms with Crippen LogP contribution < -0.4 is 0 Å². The summed E-state index contributed by atoms with van der Waals surface area (Å²) in [6.45, 7) is 0.703. The predicted octanol–water partition coefficient (Wildman–Crippen LogP) is 3.98. The second-order valence-corrected chi connectivity index (χ2v) is 9.13. The van der Waals surface area contributed by atoms with Gasteiger partial charge in [0.15, 0.2) is 9.84 Å². The van der Waals surface area contributed by atoms with Gasteiger partial charge in [-0.2, -0.15) is 0 Å². The van der Waals surface area contributed by atoms with Gasteiger partial charge >= 0.3 is 0 Å². The zero-order valence-electron chi connectivity index (χ0n) is 14.7. The Kier molecular flexibility index (Phi) is 5.68. The first-order valence-corrected chi connectivity index (χ1v) is 11.0. The SMILES string of the molecule is CS(=O)(=O)c1cc(C(=O)N2CCCC2CCc2ccccc2)ccc1Cl. The van der Waals surface area contributed by atoms with E-state index in [2.05, 4.69) is 12.1 Å². The molecule has 2 aromatic carbocycles. The highest BCUT2D eigenvalue weighted by Crippen LogP contribution is 2.27. The maximum Gasteiger partial charge on any atom is 0.254 e. The second kappa shape index (κ2) is 7.80. The van der Waals surface area contributed by atoms with Crippen LogP contribution in [0.5, 0.6) is 0 Å². The molecule has 1 heterocycles. The van der Waals surface area contributed by atoms with Gasteiger partial charge in [-0.05, 0) is 49.4 Å². The molecule has 0 spiro atoms. The van der Waals surface area contributed by atoms with Gasteiger partial charge in [-0.1, -0.05) is 41.9 Å². The van der Waals surface area contributed by atoms with Crippen molar-refractivity contribution < 1.29 is 13.2 Å². The van der Waals surface area contributed by atoms with E-state index in [4.69, 9.17) is 11.6 Å². The molecule has 1 amide bonds. The van der Waals surface area contributed by atoms with Crippen LogP contribution >= 0.6 is 11.6 Å². The van der Waals surface area contributed by atoms with E-state index in [0.717, 1.165) is 31.9 Å². The van der Waals surface area contributed by atoms with Crippen LogP contribution in [0.15, 0.2) is 53.4 Å². The van der Waals surface area contributed by atoms with Gasteiger partial charge in [0.25, 0.3) is 5.91 Å². The van der Waals surface area contributed by atoms with Gasteiger partial charge in [0, 0.05) is 24.4 Å². The maximum atomic E-state index is 12.9. The van der Waals surface area contributed by atoms with E-state index in [1.54, 1.807) is 6.07 Å². The van der Waals surface area contributed by atoms with Crippen molar-refractivity contribution in [2.75, 3.05) is 12.8 Å². The number of amides is 1. The van der Waals surface area contributed by atoms with Crippen LogP contribution in [0.4, 0.5) is 0 Å². The molecule has 1 fully saturated rings. The summed E-state index contributed by atoms with van der Waals surface area (Å²) in [5.41, 5.74) is 1.64. The van der Waals surface area contributed by atoms with Gasteiger partial charge in [-0.15, -0.1) is 0 Å². The van der Waals surface area contributed by atoms with Crippen LogP contribution in [0.3, 0.4) is 0 Å². The fourth-order valence-electron chi connectivity index (χ4n) is 3.47. The zero-order chi connectivity index (χ0) is 18.7. The Bertz CT molecular complexity index is 897. The Morgan fingerprint density at radius 1 is 1.19 bits per heavy atom. The average molecular weight is 392 g/mol. The highest BCUT2D eigenvalue weighted by atomic mass is 35.5. The average Bonchev–Trinajstić information content (AvgIpc) is 3.08. The molecule has 1 atom stereocenters.